The summed E-state index contributed by atoms with van der Waals surface area (Å²) >= 11 is 8.28. The molecule has 3 nitrogen and oxygen atoms in total. The third-order valence-corrected chi connectivity index (χ3v) is 7.65. The van der Waals surface area contributed by atoms with Crippen molar-refractivity contribution in [3.63, 3.8) is 0 Å². The molecule has 0 bridgehead atoms. The van der Waals surface area contributed by atoms with E-state index in [2.05, 4.69) is 76.2 Å². The lowest BCUT2D eigenvalue weighted by Gasteiger charge is -2.37. The highest BCUT2D eigenvalue weighted by Crippen LogP contribution is 2.48. The lowest BCUT2D eigenvalue weighted by Crippen LogP contribution is -2.47. The number of para-hydroxylation sites is 2. The van der Waals surface area contributed by atoms with E-state index in [0.29, 0.717) is 0 Å². The molecule has 1 saturated heterocycles. The fourth-order valence-corrected chi connectivity index (χ4v) is 5.88. The van der Waals surface area contributed by atoms with Crippen LogP contribution in [0.4, 0.5) is 17.1 Å². The molecule has 0 atom stereocenters. The normalized spacial score (nSPS) is 16.2. The fraction of sp³-hybridized carbons (Fsp3) is 0.308. The minimum absolute atomic E-state index is 0.853. The van der Waals surface area contributed by atoms with E-state index in [1.807, 2.05) is 23.9 Å². The molecule has 0 amide bonds. The molecule has 5 rings (SSSR count). The fourth-order valence-electron chi connectivity index (χ4n) is 4.55. The predicted molar refractivity (Wildman–Crippen MR) is 133 cm³/mol. The third-order valence-electron chi connectivity index (χ3n) is 6.20. The molecule has 31 heavy (non-hydrogen) atoms. The van der Waals surface area contributed by atoms with Crippen molar-refractivity contribution >= 4 is 40.4 Å². The Hall–Kier alpha value is -2.14. The molecule has 2 aliphatic heterocycles. The maximum Gasteiger partial charge on any atom is 0.0639 e. The molecule has 0 aliphatic carbocycles. The lowest BCUT2D eigenvalue weighted by molar-refractivity contribution is 0.256. The van der Waals surface area contributed by atoms with Crippen molar-refractivity contribution in [3.05, 3.63) is 77.3 Å². The summed E-state index contributed by atoms with van der Waals surface area (Å²) in [4.78, 5) is 10.2. The summed E-state index contributed by atoms with van der Waals surface area (Å²) in [5.41, 5.74) is 5.18. The van der Waals surface area contributed by atoms with Gasteiger partial charge in [-0.3, -0.25) is 4.90 Å². The summed E-state index contributed by atoms with van der Waals surface area (Å²) in [7, 11) is 0. The first-order chi connectivity index (χ1) is 15.2. The topological polar surface area (TPSA) is 9.72 Å². The van der Waals surface area contributed by atoms with Crippen molar-refractivity contribution in [1.82, 2.24) is 4.90 Å². The minimum atomic E-state index is 0.853. The van der Waals surface area contributed by atoms with Crippen LogP contribution in [0.5, 0.6) is 0 Å². The van der Waals surface area contributed by atoms with Gasteiger partial charge in [-0.2, -0.15) is 0 Å². The SMILES string of the molecule is Cc1ccc2c(c1)N(CCCN1CCN(c3ccccc3Cl)CC1)c1ccccc1S2. The van der Waals surface area contributed by atoms with Crippen LogP contribution in [-0.4, -0.2) is 44.2 Å². The van der Waals surface area contributed by atoms with Crippen LogP contribution in [0.15, 0.2) is 76.5 Å². The van der Waals surface area contributed by atoms with Crippen LogP contribution in [0.2, 0.25) is 5.02 Å². The first-order valence-corrected chi connectivity index (χ1v) is 12.3. The number of nitrogens with zero attached hydrogens (tertiary/aromatic N) is 3. The number of piperazine rings is 1. The summed E-state index contributed by atoms with van der Waals surface area (Å²) in [6.45, 7) is 8.61. The molecule has 1 fully saturated rings. The van der Waals surface area contributed by atoms with E-state index >= 15 is 0 Å². The van der Waals surface area contributed by atoms with E-state index in [1.54, 1.807) is 0 Å². The molecular formula is C26H28ClN3S. The third kappa shape index (κ3) is 4.43. The second-order valence-corrected chi connectivity index (χ2v) is 9.82. The van der Waals surface area contributed by atoms with E-state index < -0.39 is 0 Å². The van der Waals surface area contributed by atoms with Crippen molar-refractivity contribution in [2.75, 3.05) is 49.1 Å². The second kappa shape index (κ2) is 9.15. The standard InChI is InChI=1S/C26H28ClN3S/c1-20-11-12-26-24(19-20)30(23-9-4-5-10-25(23)31-26)14-6-13-28-15-17-29(18-16-28)22-8-3-2-7-21(22)27/h2-5,7-12,19H,6,13-18H2,1H3. The van der Waals surface area contributed by atoms with Crippen molar-refractivity contribution in [1.29, 1.82) is 0 Å². The number of hydrogen-bond donors (Lipinski definition) is 0. The quantitative estimate of drug-likeness (QED) is 0.441. The smallest absolute Gasteiger partial charge is 0.0639 e. The van der Waals surface area contributed by atoms with Crippen LogP contribution in [0.25, 0.3) is 0 Å². The highest BCUT2D eigenvalue weighted by Gasteiger charge is 2.24. The molecule has 0 radical (unpaired) electrons. The lowest BCUT2D eigenvalue weighted by atomic mass is 10.1. The number of rotatable bonds is 5. The zero-order valence-electron chi connectivity index (χ0n) is 17.9. The number of hydrogen-bond acceptors (Lipinski definition) is 4. The Morgan fingerprint density at radius 2 is 1.48 bits per heavy atom. The highest BCUT2D eigenvalue weighted by atomic mass is 35.5. The first-order valence-electron chi connectivity index (χ1n) is 11.1. The first kappa shape index (κ1) is 20.7. The summed E-state index contributed by atoms with van der Waals surface area (Å²) < 4.78 is 0. The van der Waals surface area contributed by atoms with Crippen molar-refractivity contribution in [2.45, 2.75) is 23.1 Å². The van der Waals surface area contributed by atoms with E-state index in [0.717, 1.165) is 50.7 Å². The molecule has 0 spiro atoms. The number of benzene rings is 3. The molecule has 3 aromatic carbocycles. The largest absolute Gasteiger partial charge is 0.368 e. The Morgan fingerprint density at radius 1 is 0.774 bits per heavy atom. The Balaban J connectivity index is 1.22. The van der Waals surface area contributed by atoms with Gasteiger partial charge in [0.2, 0.25) is 0 Å². The zero-order valence-corrected chi connectivity index (χ0v) is 19.5. The molecule has 2 aliphatic rings. The minimum Gasteiger partial charge on any atom is -0.368 e. The van der Waals surface area contributed by atoms with E-state index in [4.69, 9.17) is 11.6 Å². The van der Waals surface area contributed by atoms with Gasteiger partial charge in [-0.15, -0.1) is 0 Å². The van der Waals surface area contributed by atoms with Gasteiger partial charge in [0.1, 0.15) is 0 Å². The van der Waals surface area contributed by atoms with Gasteiger partial charge in [0.15, 0.2) is 0 Å². The van der Waals surface area contributed by atoms with Crippen molar-refractivity contribution in [2.24, 2.45) is 0 Å². The molecule has 160 valence electrons. The van der Waals surface area contributed by atoms with Gasteiger partial charge < -0.3 is 9.80 Å². The highest BCUT2D eigenvalue weighted by molar-refractivity contribution is 7.99. The summed E-state index contributed by atoms with van der Waals surface area (Å²) in [6.07, 6.45) is 1.15. The molecule has 0 unspecified atom stereocenters. The average molecular weight is 450 g/mol. The molecule has 0 N–H and O–H groups in total. The van der Waals surface area contributed by atoms with Crippen LogP contribution in [-0.2, 0) is 0 Å². The molecule has 2 heterocycles. The Kier molecular flexibility index (Phi) is 6.13. The number of anilines is 3. The molecule has 5 heteroatoms. The summed E-state index contributed by atoms with van der Waals surface area (Å²) in [6, 6.07) is 23.8. The maximum absolute atomic E-state index is 6.39. The summed E-state index contributed by atoms with van der Waals surface area (Å²) in [5.74, 6) is 0. The number of fused-ring (bicyclic) bond motifs is 2. The van der Waals surface area contributed by atoms with Crippen LogP contribution in [0.1, 0.15) is 12.0 Å². The Bertz CT molecular complexity index is 1060. The molecular weight excluding hydrogens is 422 g/mol. The van der Waals surface area contributed by atoms with Crippen LogP contribution < -0.4 is 9.80 Å². The monoisotopic (exact) mass is 449 g/mol. The Labute approximate surface area is 194 Å². The van der Waals surface area contributed by atoms with Gasteiger partial charge in [0.05, 0.1) is 22.1 Å². The van der Waals surface area contributed by atoms with Crippen molar-refractivity contribution in [3.8, 4) is 0 Å². The van der Waals surface area contributed by atoms with E-state index in [1.165, 1.54) is 32.4 Å². The van der Waals surface area contributed by atoms with Crippen molar-refractivity contribution < 1.29 is 0 Å². The average Bonchev–Trinajstić information content (AvgIpc) is 2.80. The summed E-state index contributed by atoms with van der Waals surface area (Å²) in [5, 5.41) is 0.853. The number of halogens is 1. The van der Waals surface area contributed by atoms with Gasteiger partial charge in [0, 0.05) is 42.5 Å². The second-order valence-electron chi connectivity index (χ2n) is 8.33. The maximum atomic E-state index is 6.39. The van der Waals surface area contributed by atoms with Gasteiger partial charge in [-0.1, -0.05) is 53.7 Å². The Morgan fingerprint density at radius 3 is 2.29 bits per heavy atom. The molecule has 0 saturated carbocycles. The molecule has 0 aromatic heterocycles. The van der Waals surface area contributed by atoms with E-state index in [9.17, 15) is 0 Å². The van der Waals surface area contributed by atoms with Gasteiger partial charge in [-0.05, 0) is 61.9 Å². The van der Waals surface area contributed by atoms with Gasteiger partial charge in [0.25, 0.3) is 0 Å². The van der Waals surface area contributed by atoms with E-state index in [-0.39, 0.29) is 0 Å². The van der Waals surface area contributed by atoms with Crippen LogP contribution >= 0.6 is 23.4 Å². The van der Waals surface area contributed by atoms with Crippen LogP contribution in [0.3, 0.4) is 0 Å². The van der Waals surface area contributed by atoms with Gasteiger partial charge in [-0.25, -0.2) is 0 Å². The van der Waals surface area contributed by atoms with Crippen LogP contribution in [0, 0.1) is 6.92 Å². The number of aryl methyl sites for hydroxylation is 1. The predicted octanol–water partition coefficient (Wildman–Crippen LogP) is 6.46. The molecule has 3 aromatic rings. The zero-order chi connectivity index (χ0) is 21.2. The van der Waals surface area contributed by atoms with Gasteiger partial charge >= 0.3 is 0 Å².